The lowest BCUT2D eigenvalue weighted by Gasteiger charge is -2.39. The molecule has 0 spiro atoms. The summed E-state index contributed by atoms with van der Waals surface area (Å²) >= 11 is 0. The van der Waals surface area contributed by atoms with Crippen LogP contribution in [0.1, 0.15) is 6.42 Å². The fraction of sp³-hybridized carbons (Fsp3) is 0.857. The Labute approximate surface area is 64.5 Å². The van der Waals surface area contributed by atoms with Gasteiger partial charge in [-0.1, -0.05) is 0 Å². The van der Waals surface area contributed by atoms with Crippen LogP contribution >= 0.6 is 0 Å². The maximum Gasteiger partial charge on any atom is 0.226 e. The van der Waals surface area contributed by atoms with Crippen LogP contribution in [-0.2, 0) is 9.53 Å². The van der Waals surface area contributed by atoms with Crippen LogP contribution in [0, 0.1) is 5.92 Å². The molecule has 0 aromatic rings. The number of amides is 1. The van der Waals surface area contributed by atoms with E-state index < -0.39 is 5.60 Å². The lowest BCUT2D eigenvalue weighted by Crippen LogP contribution is -2.57. The van der Waals surface area contributed by atoms with Gasteiger partial charge >= 0.3 is 0 Å². The number of nitrogens with one attached hydrogen (secondary N) is 1. The van der Waals surface area contributed by atoms with Crippen LogP contribution in [0.15, 0.2) is 0 Å². The third-order valence-corrected chi connectivity index (χ3v) is 2.40. The second kappa shape index (κ2) is 2.19. The van der Waals surface area contributed by atoms with Crippen molar-refractivity contribution in [3.05, 3.63) is 0 Å². The molecular weight excluding hydrogens is 146 g/mol. The molecule has 2 N–H and O–H groups in total. The normalized spacial score (nSPS) is 34.6. The van der Waals surface area contributed by atoms with Crippen molar-refractivity contribution in [1.29, 1.82) is 0 Å². The van der Waals surface area contributed by atoms with E-state index in [4.69, 9.17) is 4.74 Å². The van der Waals surface area contributed by atoms with E-state index in [0.717, 1.165) is 6.42 Å². The summed E-state index contributed by atoms with van der Waals surface area (Å²) in [5.74, 6) is -0.271. The first-order valence-electron chi connectivity index (χ1n) is 3.80. The number of aliphatic hydroxyl groups is 1. The quantitative estimate of drug-likeness (QED) is 0.507. The van der Waals surface area contributed by atoms with E-state index in [0.29, 0.717) is 19.8 Å². The van der Waals surface area contributed by atoms with Crippen LogP contribution in [0.4, 0.5) is 0 Å². The van der Waals surface area contributed by atoms with Crippen LogP contribution in [0.2, 0.25) is 0 Å². The molecule has 0 aliphatic carbocycles. The second-order valence-electron chi connectivity index (χ2n) is 3.23. The zero-order valence-corrected chi connectivity index (χ0v) is 6.17. The minimum atomic E-state index is -0.861. The molecule has 1 atom stereocenters. The summed E-state index contributed by atoms with van der Waals surface area (Å²) in [6, 6.07) is 0. The fourth-order valence-electron chi connectivity index (χ4n) is 1.62. The van der Waals surface area contributed by atoms with Gasteiger partial charge in [-0.2, -0.15) is 0 Å². The van der Waals surface area contributed by atoms with Crippen molar-refractivity contribution in [2.75, 3.05) is 19.8 Å². The summed E-state index contributed by atoms with van der Waals surface area (Å²) < 4.78 is 4.87. The van der Waals surface area contributed by atoms with Crippen molar-refractivity contribution in [3.8, 4) is 0 Å². The molecule has 2 heterocycles. The molecule has 0 aromatic carbocycles. The first-order chi connectivity index (χ1) is 5.22. The van der Waals surface area contributed by atoms with E-state index >= 15 is 0 Å². The lowest BCUT2D eigenvalue weighted by molar-refractivity contribution is -0.205. The number of ether oxygens (including phenoxy) is 1. The molecular formula is C7H11NO3. The lowest BCUT2D eigenvalue weighted by atomic mass is 9.84. The topological polar surface area (TPSA) is 58.6 Å². The highest BCUT2D eigenvalue weighted by molar-refractivity contribution is 5.82. The number of hydrogen-bond donors (Lipinski definition) is 2. The fourth-order valence-corrected chi connectivity index (χ4v) is 1.62. The molecule has 4 nitrogen and oxygen atoms in total. The maximum absolute atomic E-state index is 11.1. The van der Waals surface area contributed by atoms with Gasteiger partial charge in [-0.3, -0.25) is 4.79 Å². The molecule has 2 fully saturated rings. The molecule has 2 rings (SSSR count). The van der Waals surface area contributed by atoms with Gasteiger partial charge in [-0.25, -0.2) is 0 Å². The maximum atomic E-state index is 11.1. The zero-order chi connectivity index (χ0) is 7.90. The average Bonchev–Trinajstić information content (AvgIpc) is 2.30. The first-order valence-corrected chi connectivity index (χ1v) is 3.80. The van der Waals surface area contributed by atoms with Crippen molar-refractivity contribution in [2.45, 2.75) is 12.0 Å². The summed E-state index contributed by atoms with van der Waals surface area (Å²) in [7, 11) is 0. The van der Waals surface area contributed by atoms with Gasteiger partial charge in [-0.15, -0.1) is 0 Å². The molecule has 4 heteroatoms. The molecule has 0 aromatic heterocycles. The van der Waals surface area contributed by atoms with E-state index in [2.05, 4.69) is 5.32 Å². The van der Waals surface area contributed by atoms with Crippen LogP contribution < -0.4 is 5.32 Å². The number of rotatable bonds is 1. The van der Waals surface area contributed by atoms with E-state index in [-0.39, 0.29) is 11.8 Å². The number of carbonyl (C=O) groups excluding carboxylic acids is 1. The minimum absolute atomic E-state index is 0.0317. The Morgan fingerprint density at radius 3 is 2.73 bits per heavy atom. The SMILES string of the molecule is O=C1NCC[C@H]1C1(O)COC1. The van der Waals surface area contributed by atoms with Gasteiger partial charge < -0.3 is 15.2 Å². The van der Waals surface area contributed by atoms with E-state index in [1.807, 2.05) is 0 Å². The molecule has 11 heavy (non-hydrogen) atoms. The predicted octanol–water partition coefficient (Wildman–Crippen LogP) is -1.12. The summed E-state index contributed by atoms with van der Waals surface area (Å²) in [6.45, 7) is 1.31. The molecule has 0 saturated carbocycles. The molecule has 1 amide bonds. The van der Waals surface area contributed by atoms with Crippen LogP contribution in [0.5, 0.6) is 0 Å². The summed E-state index contributed by atoms with van der Waals surface area (Å²) in [5.41, 5.74) is -0.861. The van der Waals surface area contributed by atoms with Crippen LogP contribution in [0.3, 0.4) is 0 Å². The van der Waals surface area contributed by atoms with Gasteiger partial charge in [0.25, 0.3) is 0 Å². The van der Waals surface area contributed by atoms with Crippen LogP contribution in [-0.4, -0.2) is 36.4 Å². The molecule has 62 valence electrons. The second-order valence-corrected chi connectivity index (χ2v) is 3.23. The largest absolute Gasteiger partial charge is 0.384 e. The van der Waals surface area contributed by atoms with Gasteiger partial charge in [0.2, 0.25) is 5.91 Å². The Morgan fingerprint density at radius 1 is 1.64 bits per heavy atom. The van der Waals surface area contributed by atoms with Crippen molar-refractivity contribution in [3.63, 3.8) is 0 Å². The summed E-state index contributed by atoms with van der Waals surface area (Å²) in [6.07, 6.45) is 0.735. The van der Waals surface area contributed by atoms with E-state index in [1.54, 1.807) is 0 Å². The monoisotopic (exact) mass is 157 g/mol. The third-order valence-electron chi connectivity index (χ3n) is 2.40. The Bertz CT molecular complexity index is 188. The zero-order valence-electron chi connectivity index (χ0n) is 6.17. The van der Waals surface area contributed by atoms with Crippen molar-refractivity contribution >= 4 is 5.91 Å². The first kappa shape index (κ1) is 7.06. The van der Waals surface area contributed by atoms with Gasteiger partial charge in [0.1, 0.15) is 5.60 Å². The van der Waals surface area contributed by atoms with E-state index in [1.165, 1.54) is 0 Å². The Morgan fingerprint density at radius 2 is 2.36 bits per heavy atom. The van der Waals surface area contributed by atoms with Gasteiger partial charge in [-0.05, 0) is 6.42 Å². The smallest absolute Gasteiger partial charge is 0.226 e. The van der Waals surface area contributed by atoms with Gasteiger partial charge in [0.05, 0.1) is 19.1 Å². The Kier molecular flexibility index (Phi) is 1.40. The van der Waals surface area contributed by atoms with Crippen molar-refractivity contribution < 1.29 is 14.6 Å². The number of carbonyl (C=O) groups is 1. The summed E-state index contributed by atoms with van der Waals surface area (Å²) in [5, 5.41) is 12.4. The molecule has 0 radical (unpaired) electrons. The highest BCUT2D eigenvalue weighted by Gasteiger charge is 2.49. The van der Waals surface area contributed by atoms with Gasteiger partial charge in [0, 0.05) is 6.54 Å². The van der Waals surface area contributed by atoms with Crippen LogP contribution in [0.25, 0.3) is 0 Å². The Hall–Kier alpha value is -0.610. The predicted molar refractivity (Wildman–Crippen MR) is 36.9 cm³/mol. The minimum Gasteiger partial charge on any atom is -0.384 e. The summed E-state index contributed by atoms with van der Waals surface area (Å²) in [4.78, 5) is 11.1. The van der Waals surface area contributed by atoms with Gasteiger partial charge in [0.15, 0.2) is 0 Å². The highest BCUT2D eigenvalue weighted by atomic mass is 16.5. The highest BCUT2D eigenvalue weighted by Crippen LogP contribution is 2.30. The number of hydrogen-bond acceptors (Lipinski definition) is 3. The standard InChI is InChI=1S/C7H11NO3/c9-6-5(1-2-8-6)7(10)3-11-4-7/h5,10H,1-4H2,(H,8,9)/t5-/m1/s1. The molecule has 0 unspecified atom stereocenters. The average molecular weight is 157 g/mol. The molecule has 0 bridgehead atoms. The van der Waals surface area contributed by atoms with Crippen molar-refractivity contribution in [2.24, 2.45) is 5.92 Å². The van der Waals surface area contributed by atoms with E-state index in [9.17, 15) is 9.90 Å². The third kappa shape index (κ3) is 0.937. The molecule has 2 aliphatic rings. The molecule has 2 aliphatic heterocycles. The Balaban J connectivity index is 2.08. The molecule has 2 saturated heterocycles. The van der Waals surface area contributed by atoms with Crippen molar-refractivity contribution in [1.82, 2.24) is 5.32 Å².